The van der Waals surface area contributed by atoms with Gasteiger partial charge >= 0.3 is 12.1 Å². The fourth-order valence-electron chi connectivity index (χ4n) is 4.82. The summed E-state index contributed by atoms with van der Waals surface area (Å²) in [7, 11) is 3.46. The SMILES string of the molecule is C/C(=C\[C@H](C(C)C)N(C)C(=O)[C@@H](NC[C@@H](N(C)C(=O)OC(C)(C)C)C(C)(C)c1ccccc1)C(C)(C)C)C(=O)O. The molecule has 0 radical (unpaired) electrons. The third kappa shape index (κ3) is 9.65. The number of nitrogens with one attached hydrogen (secondary N) is 1. The summed E-state index contributed by atoms with van der Waals surface area (Å²) in [6.07, 6.45) is 1.20. The van der Waals surface area contributed by atoms with Gasteiger partial charge in [0.15, 0.2) is 0 Å². The van der Waals surface area contributed by atoms with Crippen LogP contribution in [0.15, 0.2) is 42.0 Å². The van der Waals surface area contributed by atoms with E-state index in [4.69, 9.17) is 4.74 Å². The highest BCUT2D eigenvalue weighted by atomic mass is 16.6. The first-order valence-corrected chi connectivity index (χ1v) is 14.0. The molecule has 2 amide bonds. The number of likely N-dealkylation sites (N-methyl/N-ethyl adjacent to an activating group) is 2. The van der Waals surface area contributed by atoms with Crippen LogP contribution in [0.2, 0.25) is 0 Å². The van der Waals surface area contributed by atoms with Gasteiger partial charge in [-0.3, -0.25) is 4.79 Å². The van der Waals surface area contributed by atoms with E-state index in [1.54, 1.807) is 30.0 Å². The van der Waals surface area contributed by atoms with Crippen LogP contribution < -0.4 is 5.32 Å². The Bertz CT molecular complexity index is 1030. The molecule has 1 aromatic rings. The Morgan fingerprint density at radius 3 is 1.90 bits per heavy atom. The van der Waals surface area contributed by atoms with Gasteiger partial charge in [-0.2, -0.15) is 0 Å². The molecule has 0 bridgehead atoms. The summed E-state index contributed by atoms with van der Waals surface area (Å²) >= 11 is 0. The quantitative estimate of drug-likeness (QED) is 0.337. The molecule has 40 heavy (non-hydrogen) atoms. The maximum atomic E-state index is 14.0. The lowest BCUT2D eigenvalue weighted by molar-refractivity contribution is -0.137. The standard InChI is InChI=1S/C32H53N3O5/c1-21(2)24(19-22(3)28(37)38)34(12)27(36)26(30(4,5)6)33-20-25(35(13)29(39)40-31(7,8)9)32(10,11)23-17-15-14-16-18-23/h14-19,21,24-26,33H,20H2,1-13H3,(H,37,38)/b22-19+/t24-,25-,26-/m1/s1. The summed E-state index contributed by atoms with van der Waals surface area (Å²) in [4.78, 5) is 42.0. The van der Waals surface area contributed by atoms with E-state index in [1.807, 2.05) is 85.7 Å². The lowest BCUT2D eigenvalue weighted by Crippen LogP contribution is -2.60. The van der Waals surface area contributed by atoms with Crippen molar-refractivity contribution in [2.75, 3.05) is 20.6 Å². The number of ether oxygens (including phenoxy) is 1. The third-order valence-electron chi connectivity index (χ3n) is 7.36. The van der Waals surface area contributed by atoms with Crippen LogP contribution in [0, 0.1) is 11.3 Å². The molecule has 0 saturated heterocycles. The number of rotatable bonds is 11. The van der Waals surface area contributed by atoms with Crippen molar-refractivity contribution in [1.29, 1.82) is 0 Å². The number of aliphatic carboxylic acids is 1. The van der Waals surface area contributed by atoms with Crippen molar-refractivity contribution in [1.82, 2.24) is 15.1 Å². The van der Waals surface area contributed by atoms with Crippen LogP contribution in [0.25, 0.3) is 0 Å². The Kier molecular flexibility index (Phi) is 12.0. The molecule has 0 aliphatic carbocycles. The van der Waals surface area contributed by atoms with Crippen molar-refractivity contribution >= 4 is 18.0 Å². The van der Waals surface area contributed by atoms with Gasteiger partial charge < -0.3 is 25.0 Å². The molecule has 0 saturated carbocycles. The molecule has 0 unspecified atom stereocenters. The van der Waals surface area contributed by atoms with Gasteiger partial charge in [0.1, 0.15) is 5.60 Å². The van der Waals surface area contributed by atoms with E-state index < -0.39 is 40.6 Å². The monoisotopic (exact) mass is 559 g/mol. The Morgan fingerprint density at radius 2 is 1.48 bits per heavy atom. The second-order valence-electron chi connectivity index (χ2n) is 13.7. The summed E-state index contributed by atoms with van der Waals surface area (Å²) < 4.78 is 5.71. The van der Waals surface area contributed by atoms with Crippen LogP contribution in [-0.2, 0) is 19.7 Å². The molecule has 1 rings (SSSR count). The van der Waals surface area contributed by atoms with Crippen LogP contribution in [0.4, 0.5) is 4.79 Å². The molecule has 0 spiro atoms. The van der Waals surface area contributed by atoms with Gasteiger partial charge in [0.25, 0.3) is 0 Å². The number of carboxylic acid groups (broad SMARTS) is 1. The lowest BCUT2D eigenvalue weighted by atomic mass is 9.76. The topological polar surface area (TPSA) is 99.2 Å². The maximum absolute atomic E-state index is 14.0. The molecule has 0 aliphatic heterocycles. The maximum Gasteiger partial charge on any atom is 0.410 e. The highest BCUT2D eigenvalue weighted by molar-refractivity contribution is 5.86. The van der Waals surface area contributed by atoms with Crippen molar-refractivity contribution in [2.45, 2.75) is 105 Å². The van der Waals surface area contributed by atoms with Gasteiger partial charge in [-0.05, 0) is 44.6 Å². The summed E-state index contributed by atoms with van der Waals surface area (Å²) in [5.74, 6) is -1.14. The molecule has 0 aliphatic rings. The molecular formula is C32H53N3O5. The van der Waals surface area contributed by atoms with Gasteiger partial charge in [-0.25, -0.2) is 9.59 Å². The number of carboxylic acids is 1. The van der Waals surface area contributed by atoms with Crippen LogP contribution >= 0.6 is 0 Å². The van der Waals surface area contributed by atoms with Crippen molar-refractivity contribution in [3.8, 4) is 0 Å². The molecule has 226 valence electrons. The molecule has 0 heterocycles. The number of carbonyl (C=O) groups is 3. The number of amides is 2. The summed E-state index contributed by atoms with van der Waals surface area (Å²) in [5, 5.41) is 12.9. The average Bonchev–Trinajstić information content (AvgIpc) is 2.82. The molecule has 3 atom stereocenters. The minimum atomic E-state index is -1.01. The number of hydrogen-bond donors (Lipinski definition) is 2. The fourth-order valence-corrected chi connectivity index (χ4v) is 4.82. The molecule has 1 aromatic carbocycles. The predicted octanol–water partition coefficient (Wildman–Crippen LogP) is 5.72. The number of benzene rings is 1. The number of hydrogen-bond acceptors (Lipinski definition) is 5. The third-order valence-corrected chi connectivity index (χ3v) is 7.36. The zero-order valence-corrected chi connectivity index (χ0v) is 27.0. The van der Waals surface area contributed by atoms with E-state index in [-0.39, 0.29) is 23.4 Å². The Hall–Kier alpha value is -2.87. The predicted molar refractivity (Wildman–Crippen MR) is 161 cm³/mol. The van der Waals surface area contributed by atoms with Gasteiger partial charge in [0, 0.05) is 31.6 Å². The first-order valence-electron chi connectivity index (χ1n) is 14.0. The van der Waals surface area contributed by atoms with Crippen LogP contribution in [0.1, 0.15) is 81.7 Å². The largest absolute Gasteiger partial charge is 0.478 e. The van der Waals surface area contributed by atoms with Gasteiger partial charge in [0.05, 0.1) is 18.1 Å². The van der Waals surface area contributed by atoms with E-state index in [9.17, 15) is 19.5 Å². The van der Waals surface area contributed by atoms with Crippen molar-refractivity contribution < 1.29 is 24.2 Å². The highest BCUT2D eigenvalue weighted by Gasteiger charge is 2.41. The first-order chi connectivity index (χ1) is 18.1. The second kappa shape index (κ2) is 13.7. The molecule has 2 N–H and O–H groups in total. The minimum Gasteiger partial charge on any atom is -0.478 e. The zero-order valence-electron chi connectivity index (χ0n) is 27.0. The van der Waals surface area contributed by atoms with Gasteiger partial charge in [-0.1, -0.05) is 84.9 Å². The van der Waals surface area contributed by atoms with Gasteiger partial charge in [-0.15, -0.1) is 0 Å². The molecule has 8 nitrogen and oxygen atoms in total. The van der Waals surface area contributed by atoms with Gasteiger partial charge in [0.2, 0.25) is 5.91 Å². The fraction of sp³-hybridized carbons (Fsp3) is 0.656. The summed E-state index contributed by atoms with van der Waals surface area (Å²) in [5.41, 5.74) is -0.353. The van der Waals surface area contributed by atoms with Crippen LogP contribution in [0.3, 0.4) is 0 Å². The van der Waals surface area contributed by atoms with Crippen molar-refractivity contribution in [3.63, 3.8) is 0 Å². The van der Waals surface area contributed by atoms with Crippen LogP contribution in [0.5, 0.6) is 0 Å². The van der Waals surface area contributed by atoms with Crippen molar-refractivity contribution in [2.24, 2.45) is 11.3 Å². The summed E-state index contributed by atoms with van der Waals surface area (Å²) in [6.45, 7) is 21.5. The molecule has 0 fully saturated rings. The zero-order chi connectivity index (χ0) is 31.2. The Labute approximate surface area is 242 Å². The van der Waals surface area contributed by atoms with E-state index >= 15 is 0 Å². The average molecular weight is 560 g/mol. The van der Waals surface area contributed by atoms with Crippen molar-refractivity contribution in [3.05, 3.63) is 47.5 Å². The summed E-state index contributed by atoms with van der Waals surface area (Å²) in [6, 6.07) is 8.65. The minimum absolute atomic E-state index is 0.00642. The van der Waals surface area contributed by atoms with E-state index in [1.165, 1.54) is 6.92 Å². The number of carbonyl (C=O) groups excluding carboxylic acids is 2. The second-order valence-corrected chi connectivity index (χ2v) is 13.7. The van der Waals surface area contributed by atoms with E-state index in [0.29, 0.717) is 6.54 Å². The first kappa shape index (κ1) is 35.2. The van der Waals surface area contributed by atoms with E-state index in [2.05, 4.69) is 19.2 Å². The number of nitrogens with zero attached hydrogens (tertiary/aromatic N) is 2. The smallest absolute Gasteiger partial charge is 0.410 e. The molecule has 8 heteroatoms. The Morgan fingerprint density at radius 1 is 0.950 bits per heavy atom. The molecular weight excluding hydrogens is 506 g/mol. The van der Waals surface area contributed by atoms with Crippen LogP contribution in [-0.4, -0.2) is 77.2 Å². The highest BCUT2D eigenvalue weighted by Crippen LogP contribution is 2.32. The Balaban J connectivity index is 3.45. The normalized spacial score (nSPS) is 15.3. The molecule has 0 aromatic heterocycles. The lowest BCUT2D eigenvalue weighted by Gasteiger charge is -2.43. The van der Waals surface area contributed by atoms with E-state index in [0.717, 1.165) is 5.56 Å².